The third-order valence-corrected chi connectivity index (χ3v) is 3.30. The fraction of sp³-hybridized carbons (Fsp3) is 0.235. The minimum absolute atomic E-state index is 0.0383. The van der Waals surface area contributed by atoms with Gasteiger partial charge in [0, 0.05) is 11.6 Å². The Hall–Kier alpha value is -2.70. The van der Waals surface area contributed by atoms with E-state index in [0.717, 1.165) is 6.07 Å². The van der Waals surface area contributed by atoms with Gasteiger partial charge in [0.25, 0.3) is 0 Å². The van der Waals surface area contributed by atoms with Crippen LogP contribution >= 0.6 is 0 Å². The number of methoxy groups -OCH3 is 2. The highest BCUT2D eigenvalue weighted by Gasteiger charge is 2.33. The molecule has 4 nitrogen and oxygen atoms in total. The predicted molar refractivity (Wildman–Crippen MR) is 80.1 cm³/mol. The quantitative estimate of drug-likeness (QED) is 0.770. The van der Waals surface area contributed by atoms with E-state index in [1.165, 1.54) is 50.6 Å². The SMILES string of the molecule is COC(=O)c1ccc(OC)cc1OCc1ccccc1C(F)(F)F. The van der Waals surface area contributed by atoms with Gasteiger partial charge in [-0.15, -0.1) is 0 Å². The van der Waals surface area contributed by atoms with Gasteiger partial charge in [-0.1, -0.05) is 18.2 Å². The standard InChI is InChI=1S/C17H15F3O4/c1-22-12-7-8-13(16(21)23-2)15(9-12)24-10-11-5-3-4-6-14(11)17(18,19)20/h3-9H,10H2,1-2H3. The van der Waals surface area contributed by atoms with Crippen molar-refractivity contribution in [2.45, 2.75) is 12.8 Å². The molecule has 0 saturated heterocycles. The van der Waals surface area contributed by atoms with Gasteiger partial charge in [-0.05, 0) is 18.2 Å². The van der Waals surface area contributed by atoms with Gasteiger partial charge in [0.2, 0.25) is 0 Å². The molecule has 2 rings (SSSR count). The van der Waals surface area contributed by atoms with Crippen LogP contribution in [0.1, 0.15) is 21.5 Å². The lowest BCUT2D eigenvalue weighted by molar-refractivity contribution is -0.138. The first-order valence-electron chi connectivity index (χ1n) is 6.91. The molecule has 0 fully saturated rings. The molecule has 0 bridgehead atoms. The van der Waals surface area contributed by atoms with Crippen molar-refractivity contribution >= 4 is 5.97 Å². The van der Waals surface area contributed by atoms with E-state index in [1.54, 1.807) is 0 Å². The molecule has 0 unspecified atom stereocenters. The van der Waals surface area contributed by atoms with Crippen LogP contribution in [0.15, 0.2) is 42.5 Å². The van der Waals surface area contributed by atoms with Gasteiger partial charge in [0.1, 0.15) is 23.7 Å². The molecule has 0 radical (unpaired) electrons. The van der Waals surface area contributed by atoms with E-state index in [0.29, 0.717) is 5.75 Å². The maximum Gasteiger partial charge on any atom is 0.416 e. The largest absolute Gasteiger partial charge is 0.497 e. The van der Waals surface area contributed by atoms with E-state index < -0.39 is 17.7 Å². The van der Waals surface area contributed by atoms with Crippen LogP contribution in [0.2, 0.25) is 0 Å². The van der Waals surface area contributed by atoms with Crippen LogP contribution in [-0.2, 0) is 17.5 Å². The van der Waals surface area contributed by atoms with E-state index in [4.69, 9.17) is 9.47 Å². The highest BCUT2D eigenvalue weighted by Crippen LogP contribution is 2.33. The van der Waals surface area contributed by atoms with Gasteiger partial charge in [-0.2, -0.15) is 13.2 Å². The summed E-state index contributed by atoms with van der Waals surface area (Å²) in [4.78, 5) is 11.7. The van der Waals surface area contributed by atoms with Crippen LogP contribution in [0.25, 0.3) is 0 Å². The molecule has 0 aliphatic rings. The van der Waals surface area contributed by atoms with Gasteiger partial charge in [-0.3, -0.25) is 0 Å². The first kappa shape index (κ1) is 17.7. The van der Waals surface area contributed by atoms with Gasteiger partial charge in [-0.25, -0.2) is 4.79 Å². The van der Waals surface area contributed by atoms with Crippen LogP contribution in [-0.4, -0.2) is 20.2 Å². The van der Waals surface area contributed by atoms with Crippen LogP contribution < -0.4 is 9.47 Å². The van der Waals surface area contributed by atoms with Crippen molar-refractivity contribution in [1.82, 2.24) is 0 Å². The van der Waals surface area contributed by atoms with E-state index in [2.05, 4.69) is 4.74 Å². The lowest BCUT2D eigenvalue weighted by Gasteiger charge is -2.15. The van der Waals surface area contributed by atoms with Crippen LogP contribution in [0.3, 0.4) is 0 Å². The first-order valence-corrected chi connectivity index (χ1v) is 6.91. The Morgan fingerprint density at radius 1 is 1.08 bits per heavy atom. The Labute approximate surface area is 136 Å². The summed E-state index contributed by atoms with van der Waals surface area (Å²) in [7, 11) is 2.63. The fourth-order valence-electron chi connectivity index (χ4n) is 2.11. The molecule has 2 aromatic rings. The lowest BCUT2D eigenvalue weighted by Crippen LogP contribution is -2.12. The second-order valence-corrected chi connectivity index (χ2v) is 4.80. The van der Waals surface area contributed by atoms with Crippen molar-refractivity contribution in [3.05, 3.63) is 59.2 Å². The maximum absolute atomic E-state index is 13.0. The van der Waals surface area contributed by atoms with Gasteiger partial charge >= 0.3 is 12.1 Å². The summed E-state index contributed by atoms with van der Waals surface area (Å²) in [5.74, 6) is -0.170. The second kappa shape index (κ2) is 7.25. The molecule has 0 N–H and O–H groups in total. The molecule has 0 amide bonds. The summed E-state index contributed by atoms with van der Waals surface area (Å²) in [5.41, 5.74) is -0.723. The van der Waals surface area contributed by atoms with Crippen molar-refractivity contribution in [2.24, 2.45) is 0 Å². The van der Waals surface area contributed by atoms with Crippen molar-refractivity contribution in [3.63, 3.8) is 0 Å². The number of hydrogen-bond acceptors (Lipinski definition) is 4. The average molecular weight is 340 g/mol. The molecule has 0 aliphatic carbocycles. The Morgan fingerprint density at radius 2 is 1.79 bits per heavy atom. The van der Waals surface area contributed by atoms with Crippen molar-refractivity contribution in [3.8, 4) is 11.5 Å². The number of ether oxygens (including phenoxy) is 3. The monoisotopic (exact) mass is 340 g/mol. The van der Waals surface area contributed by atoms with Crippen LogP contribution in [0, 0.1) is 0 Å². The van der Waals surface area contributed by atoms with Gasteiger partial charge < -0.3 is 14.2 Å². The third-order valence-electron chi connectivity index (χ3n) is 3.30. The molecule has 0 saturated carbocycles. The number of carbonyl (C=O) groups is 1. The molecule has 7 heteroatoms. The molecule has 0 aliphatic heterocycles. The smallest absolute Gasteiger partial charge is 0.416 e. The molecular weight excluding hydrogens is 325 g/mol. The number of alkyl halides is 3. The Kier molecular flexibility index (Phi) is 5.33. The van der Waals surface area contributed by atoms with E-state index in [9.17, 15) is 18.0 Å². The zero-order valence-electron chi connectivity index (χ0n) is 13.0. The summed E-state index contributed by atoms with van der Waals surface area (Å²) in [6, 6.07) is 9.46. The third kappa shape index (κ3) is 3.98. The molecule has 24 heavy (non-hydrogen) atoms. The Bertz CT molecular complexity index is 726. The molecule has 0 aromatic heterocycles. The van der Waals surface area contributed by atoms with Crippen LogP contribution in [0.4, 0.5) is 13.2 Å². The summed E-state index contributed by atoms with van der Waals surface area (Å²) in [5, 5.41) is 0. The summed E-state index contributed by atoms with van der Waals surface area (Å²) in [6.07, 6.45) is -4.49. The first-order chi connectivity index (χ1) is 11.4. The van der Waals surface area contributed by atoms with Crippen molar-refractivity contribution < 1.29 is 32.2 Å². The average Bonchev–Trinajstić information content (AvgIpc) is 2.58. The Morgan fingerprint density at radius 3 is 2.42 bits per heavy atom. The molecule has 2 aromatic carbocycles. The van der Waals surface area contributed by atoms with E-state index in [1.807, 2.05) is 0 Å². The fourth-order valence-corrected chi connectivity index (χ4v) is 2.11. The highest BCUT2D eigenvalue weighted by molar-refractivity contribution is 5.92. The van der Waals surface area contributed by atoms with E-state index >= 15 is 0 Å². The lowest BCUT2D eigenvalue weighted by atomic mass is 10.1. The van der Waals surface area contributed by atoms with Crippen molar-refractivity contribution in [2.75, 3.05) is 14.2 Å². The topological polar surface area (TPSA) is 44.8 Å². The van der Waals surface area contributed by atoms with E-state index in [-0.39, 0.29) is 23.5 Å². The predicted octanol–water partition coefficient (Wildman–Crippen LogP) is 4.08. The normalized spacial score (nSPS) is 11.0. The summed E-state index contributed by atoms with van der Waals surface area (Å²) in [6.45, 7) is -0.354. The number of carbonyl (C=O) groups excluding carboxylic acids is 1. The number of halogens is 3. The maximum atomic E-state index is 13.0. The number of benzene rings is 2. The zero-order valence-corrected chi connectivity index (χ0v) is 13.0. The van der Waals surface area contributed by atoms with Crippen LogP contribution in [0.5, 0.6) is 11.5 Å². The molecule has 128 valence electrons. The molecule has 0 atom stereocenters. The van der Waals surface area contributed by atoms with Crippen molar-refractivity contribution in [1.29, 1.82) is 0 Å². The van der Waals surface area contributed by atoms with Gasteiger partial charge in [0.05, 0.1) is 19.8 Å². The minimum atomic E-state index is -4.49. The molecular formula is C17H15F3O4. The Balaban J connectivity index is 2.31. The molecule has 0 spiro atoms. The highest BCUT2D eigenvalue weighted by atomic mass is 19.4. The molecule has 0 heterocycles. The summed E-state index contributed by atoms with van der Waals surface area (Å²) >= 11 is 0. The number of esters is 1. The number of hydrogen-bond donors (Lipinski definition) is 0. The summed E-state index contributed by atoms with van der Waals surface area (Å²) < 4.78 is 54.1. The van der Waals surface area contributed by atoms with Gasteiger partial charge in [0.15, 0.2) is 0 Å². The minimum Gasteiger partial charge on any atom is -0.497 e. The number of rotatable bonds is 5. The zero-order chi connectivity index (χ0) is 17.7. The second-order valence-electron chi connectivity index (χ2n) is 4.80.